The van der Waals surface area contributed by atoms with Crippen LogP contribution in [-0.2, 0) is 21.7 Å². The second kappa shape index (κ2) is 51.1. The van der Waals surface area contributed by atoms with E-state index in [9.17, 15) is 0 Å². The van der Waals surface area contributed by atoms with E-state index >= 15 is 0 Å². The Morgan fingerprint density at radius 3 is 0.561 bits per heavy atom. The van der Waals surface area contributed by atoms with E-state index in [2.05, 4.69) is 13.8 Å². The van der Waals surface area contributed by atoms with Crippen LogP contribution in [0.25, 0.3) is 5.32 Å². The van der Waals surface area contributed by atoms with Crippen LogP contribution >= 0.6 is 0 Å². The Hall–Kier alpha value is 1.54. The van der Waals surface area contributed by atoms with Crippen LogP contribution in [-0.4, -0.2) is 13.1 Å². The van der Waals surface area contributed by atoms with Gasteiger partial charge in [-0.05, 0) is 0 Å². The quantitative estimate of drug-likeness (QED) is 0.0682. The van der Waals surface area contributed by atoms with E-state index in [1.165, 1.54) is 205 Å². The van der Waals surface area contributed by atoms with Crippen molar-refractivity contribution in [3.63, 3.8) is 0 Å². The van der Waals surface area contributed by atoms with E-state index in [0.717, 1.165) is 13.1 Å². The number of rotatable bonds is 34. The molecule has 0 atom stereocenters. The van der Waals surface area contributed by atoms with Gasteiger partial charge >= 0.3 is 21.7 Å². The maximum Gasteiger partial charge on any atom is 4.00 e. The molecule has 0 aliphatic rings. The Morgan fingerprint density at radius 2 is 0.390 bits per heavy atom. The molecule has 5 heteroatoms. The number of hydrogen-bond donors (Lipinski definition) is 0. The van der Waals surface area contributed by atoms with Crippen LogP contribution in [0.4, 0.5) is 0 Å². The molecule has 248 valence electrons. The average molecular weight is 675 g/mol. The summed E-state index contributed by atoms with van der Waals surface area (Å²) < 4.78 is 0. The first-order valence-electron chi connectivity index (χ1n) is 18.0. The summed E-state index contributed by atoms with van der Waals surface area (Å²) in [5, 5.41) is 4.78. The largest absolute Gasteiger partial charge is 4.00 e. The van der Waals surface area contributed by atoms with E-state index < -0.39 is 0 Å². The molecule has 0 aliphatic carbocycles. The monoisotopic (exact) mass is 673 g/mol. The van der Waals surface area contributed by atoms with Crippen molar-refractivity contribution in [3.05, 3.63) is 5.32 Å². The van der Waals surface area contributed by atoms with Gasteiger partial charge in [0.15, 0.2) is 0 Å². The third-order valence-electron chi connectivity index (χ3n) is 8.34. The molecule has 0 spiro atoms. The molecule has 0 amide bonds. The van der Waals surface area contributed by atoms with Gasteiger partial charge in [-0.1, -0.05) is 219 Å². The van der Waals surface area contributed by atoms with Gasteiger partial charge in [-0.15, -0.1) is 13.1 Å². The summed E-state index contributed by atoms with van der Waals surface area (Å²) in [7, 11) is 0. The molecule has 0 unspecified atom stereocenters. The van der Waals surface area contributed by atoms with Crippen LogP contribution in [0.3, 0.4) is 0 Å². The zero-order valence-electron chi connectivity index (χ0n) is 28.1. The van der Waals surface area contributed by atoms with Crippen molar-refractivity contribution in [1.82, 2.24) is 0 Å². The molecule has 1 nitrogen and oxygen atoms in total. The van der Waals surface area contributed by atoms with E-state index in [1.54, 1.807) is 0 Å². The Bertz CT molecular complexity index is 354. The molecule has 0 aromatic rings. The summed E-state index contributed by atoms with van der Waals surface area (Å²) in [5.41, 5.74) is 0. The molecule has 0 saturated carbocycles. The van der Waals surface area contributed by atoms with E-state index in [-0.39, 0.29) is 58.9 Å². The zero-order valence-corrected chi connectivity index (χ0v) is 32.0. The van der Waals surface area contributed by atoms with Crippen molar-refractivity contribution in [2.75, 3.05) is 13.1 Å². The standard InChI is InChI=1S/C36H74N.3ClH.Ti/c1-3-5-7-9-11-13-15-17-19-21-23-25-27-29-31-33-35-37-36-34-32-30-28-26-24-22-20-18-16-14-12-10-8-6-4-2;;;;/h3-36H2,1-2H3;3*1H;/q-1;;;;+4/p-3. The normalized spacial score (nSPS) is 10.4. The number of nitrogens with zero attached hydrogens (tertiary/aromatic N) is 1. The minimum absolute atomic E-state index is 0. The van der Waals surface area contributed by atoms with Gasteiger partial charge in [0.25, 0.3) is 0 Å². The maximum absolute atomic E-state index is 4.78. The Morgan fingerprint density at radius 1 is 0.244 bits per heavy atom. The number of hydrogen-bond acceptors (Lipinski definition) is 0. The minimum Gasteiger partial charge on any atom is -1.00 e. The van der Waals surface area contributed by atoms with E-state index in [4.69, 9.17) is 5.32 Å². The predicted octanol–water partition coefficient (Wildman–Crippen LogP) is 4.89. The molecule has 0 N–H and O–H groups in total. The summed E-state index contributed by atoms with van der Waals surface area (Å²) in [4.78, 5) is 0. The van der Waals surface area contributed by atoms with E-state index in [0.29, 0.717) is 0 Å². The van der Waals surface area contributed by atoms with Gasteiger partial charge in [0.1, 0.15) is 0 Å². The van der Waals surface area contributed by atoms with Crippen LogP contribution < -0.4 is 37.2 Å². The first kappa shape index (κ1) is 52.1. The molecule has 0 bridgehead atoms. The summed E-state index contributed by atoms with van der Waals surface area (Å²) in [5.74, 6) is 0. The molecule has 0 aliphatic heterocycles. The van der Waals surface area contributed by atoms with Gasteiger partial charge in [-0.3, -0.25) is 0 Å². The molecule has 0 rings (SSSR count). The molecule has 0 aromatic carbocycles. The van der Waals surface area contributed by atoms with Crippen molar-refractivity contribution < 1.29 is 58.9 Å². The maximum atomic E-state index is 4.78. The van der Waals surface area contributed by atoms with Gasteiger partial charge in [-0.2, -0.15) is 0 Å². The van der Waals surface area contributed by atoms with Crippen LogP contribution in [0.15, 0.2) is 0 Å². The second-order valence-corrected chi connectivity index (χ2v) is 12.3. The Kier molecular flexibility index (Phi) is 65.0. The fourth-order valence-corrected chi connectivity index (χ4v) is 5.66. The smallest absolute Gasteiger partial charge is 1.00 e. The summed E-state index contributed by atoms with van der Waals surface area (Å²) in [6.45, 7) is 6.85. The fraction of sp³-hybridized carbons (Fsp3) is 1.00. The predicted molar refractivity (Wildman–Crippen MR) is 172 cm³/mol. The van der Waals surface area contributed by atoms with Crippen molar-refractivity contribution in [3.8, 4) is 0 Å². The minimum atomic E-state index is 0. The third-order valence-corrected chi connectivity index (χ3v) is 8.34. The van der Waals surface area contributed by atoms with Gasteiger partial charge in [0, 0.05) is 0 Å². The van der Waals surface area contributed by atoms with Gasteiger partial charge in [0.2, 0.25) is 0 Å². The van der Waals surface area contributed by atoms with Gasteiger partial charge in [-0.25, -0.2) is 0 Å². The van der Waals surface area contributed by atoms with Crippen LogP contribution in [0.1, 0.15) is 219 Å². The molecule has 0 heterocycles. The van der Waals surface area contributed by atoms with Crippen molar-refractivity contribution >= 4 is 0 Å². The second-order valence-electron chi connectivity index (χ2n) is 12.3. The van der Waals surface area contributed by atoms with Crippen molar-refractivity contribution in [2.24, 2.45) is 0 Å². The fourth-order valence-electron chi connectivity index (χ4n) is 5.66. The van der Waals surface area contributed by atoms with E-state index in [1.807, 2.05) is 0 Å². The zero-order chi connectivity index (χ0) is 26.7. The summed E-state index contributed by atoms with van der Waals surface area (Å²) >= 11 is 0. The SMILES string of the molecule is CCCCCCCCCCCCCCCCCC[N-]CCCCCCCCCCCCCCCCCC.[Cl-].[Cl-].[Cl-].[Ti+4]. The molecule has 41 heavy (non-hydrogen) atoms. The molecular weight excluding hydrogens is 601 g/mol. The molecule has 0 saturated heterocycles. The van der Waals surface area contributed by atoms with Crippen LogP contribution in [0.5, 0.6) is 0 Å². The van der Waals surface area contributed by atoms with Crippen LogP contribution in [0, 0.1) is 0 Å². The Labute approximate surface area is 295 Å². The number of halogens is 3. The van der Waals surface area contributed by atoms with Crippen LogP contribution in [0.2, 0.25) is 0 Å². The first-order chi connectivity index (χ1) is 18.4. The van der Waals surface area contributed by atoms with Crippen molar-refractivity contribution in [1.29, 1.82) is 0 Å². The summed E-state index contributed by atoms with van der Waals surface area (Å²) in [6, 6.07) is 0. The molecule has 0 aromatic heterocycles. The molecular formula is C36H74Cl3NTi. The molecule has 0 fully saturated rings. The average Bonchev–Trinajstić information content (AvgIpc) is 2.91. The van der Waals surface area contributed by atoms with Crippen molar-refractivity contribution in [2.45, 2.75) is 219 Å². The topological polar surface area (TPSA) is 14.1 Å². The van der Waals surface area contributed by atoms with Gasteiger partial charge in [0.05, 0.1) is 0 Å². The van der Waals surface area contributed by atoms with Gasteiger partial charge < -0.3 is 42.5 Å². The third kappa shape index (κ3) is 51.4. The molecule has 0 radical (unpaired) electrons. The number of unbranched alkanes of at least 4 members (excludes halogenated alkanes) is 30. The Balaban J connectivity index is -0.00000108. The summed E-state index contributed by atoms with van der Waals surface area (Å²) in [6.07, 6.45) is 46.4. The first-order valence-corrected chi connectivity index (χ1v) is 18.0.